The molecule has 0 aliphatic carbocycles. The van der Waals surface area contributed by atoms with E-state index in [4.69, 9.17) is 5.26 Å². The second kappa shape index (κ2) is 5.11. The molecule has 0 atom stereocenters. The zero-order chi connectivity index (χ0) is 12.3. The summed E-state index contributed by atoms with van der Waals surface area (Å²) in [5, 5.41) is 16.9. The highest BCUT2D eigenvalue weighted by Crippen LogP contribution is 2.23. The number of nitrogens with zero attached hydrogens (tertiary/aromatic N) is 4. The van der Waals surface area contributed by atoms with E-state index >= 15 is 0 Å². The van der Waals surface area contributed by atoms with Gasteiger partial charge in [-0.05, 0) is 18.6 Å². The van der Waals surface area contributed by atoms with Crippen LogP contribution in [-0.4, -0.2) is 15.0 Å². The van der Waals surface area contributed by atoms with Crippen molar-refractivity contribution < 1.29 is 0 Å². The molecule has 17 heavy (non-hydrogen) atoms. The predicted molar refractivity (Wildman–Crippen MR) is 68.2 cm³/mol. The third kappa shape index (κ3) is 2.37. The molecule has 2 aromatic rings. The minimum Gasteiger partial charge on any atom is -0.243 e. The lowest BCUT2D eigenvalue weighted by Gasteiger charge is -2.05. The minimum atomic E-state index is 0.376. The van der Waals surface area contributed by atoms with E-state index in [0.717, 1.165) is 28.7 Å². The fourth-order valence-electron chi connectivity index (χ4n) is 1.65. The number of halogens is 1. The average molecular weight is 291 g/mol. The van der Waals surface area contributed by atoms with Crippen LogP contribution >= 0.6 is 15.9 Å². The Morgan fingerprint density at radius 1 is 1.35 bits per heavy atom. The van der Waals surface area contributed by atoms with Crippen molar-refractivity contribution in [2.75, 3.05) is 0 Å². The van der Waals surface area contributed by atoms with Crippen LogP contribution in [0.15, 0.2) is 28.7 Å². The Bertz CT molecular complexity index is 551. The predicted octanol–water partition coefficient (Wildman–Crippen LogP) is 2.99. The van der Waals surface area contributed by atoms with E-state index in [1.807, 2.05) is 24.3 Å². The highest BCUT2D eigenvalue weighted by atomic mass is 79.9. The Balaban J connectivity index is 2.52. The molecule has 0 aliphatic rings. The molecule has 5 heteroatoms. The van der Waals surface area contributed by atoms with E-state index in [1.54, 1.807) is 4.68 Å². The van der Waals surface area contributed by atoms with Crippen LogP contribution in [0.2, 0.25) is 0 Å². The number of aryl methyl sites for hydroxylation is 1. The van der Waals surface area contributed by atoms with Crippen LogP contribution in [-0.2, 0) is 6.54 Å². The summed E-state index contributed by atoms with van der Waals surface area (Å²) >= 11 is 3.39. The molecular formula is C12H11BrN4. The van der Waals surface area contributed by atoms with Crippen LogP contribution < -0.4 is 0 Å². The van der Waals surface area contributed by atoms with E-state index in [-0.39, 0.29) is 0 Å². The summed E-state index contributed by atoms with van der Waals surface area (Å²) < 4.78 is 2.79. The number of nitriles is 1. The molecule has 0 spiro atoms. The van der Waals surface area contributed by atoms with Crippen molar-refractivity contribution in [3.63, 3.8) is 0 Å². The van der Waals surface area contributed by atoms with E-state index in [1.165, 1.54) is 0 Å². The van der Waals surface area contributed by atoms with Gasteiger partial charge in [0, 0.05) is 16.6 Å². The summed E-state index contributed by atoms with van der Waals surface area (Å²) in [4.78, 5) is 0. The maximum Gasteiger partial charge on any atom is 0.190 e. The third-order valence-corrected chi connectivity index (χ3v) is 2.92. The molecule has 0 fully saturated rings. The summed E-state index contributed by atoms with van der Waals surface area (Å²) in [6, 6.07) is 9.88. The molecule has 2 rings (SSSR count). The smallest absolute Gasteiger partial charge is 0.190 e. The van der Waals surface area contributed by atoms with Crippen molar-refractivity contribution >= 4 is 15.9 Å². The molecule has 1 heterocycles. The van der Waals surface area contributed by atoms with Crippen LogP contribution in [0.5, 0.6) is 0 Å². The number of rotatable bonds is 3. The van der Waals surface area contributed by atoms with Crippen molar-refractivity contribution in [3.05, 3.63) is 34.4 Å². The van der Waals surface area contributed by atoms with Crippen molar-refractivity contribution in [3.8, 4) is 17.3 Å². The second-order valence-electron chi connectivity index (χ2n) is 3.63. The first-order valence-electron chi connectivity index (χ1n) is 5.35. The summed E-state index contributed by atoms with van der Waals surface area (Å²) in [5.74, 6) is 0. The number of aromatic nitrogens is 3. The topological polar surface area (TPSA) is 54.5 Å². The highest BCUT2D eigenvalue weighted by Gasteiger charge is 2.13. The lowest BCUT2D eigenvalue weighted by molar-refractivity contribution is 0.584. The lowest BCUT2D eigenvalue weighted by atomic mass is 10.1. The van der Waals surface area contributed by atoms with Crippen molar-refractivity contribution in [1.82, 2.24) is 15.0 Å². The molecule has 0 amide bonds. The second-order valence-corrected chi connectivity index (χ2v) is 4.54. The van der Waals surface area contributed by atoms with Gasteiger partial charge in [-0.15, -0.1) is 5.10 Å². The summed E-state index contributed by atoms with van der Waals surface area (Å²) in [7, 11) is 0. The van der Waals surface area contributed by atoms with Gasteiger partial charge in [-0.3, -0.25) is 0 Å². The lowest BCUT2D eigenvalue weighted by Crippen LogP contribution is -2.01. The molecule has 0 saturated heterocycles. The fraction of sp³-hybridized carbons (Fsp3) is 0.250. The molecule has 0 unspecified atom stereocenters. The van der Waals surface area contributed by atoms with Gasteiger partial charge < -0.3 is 0 Å². The Morgan fingerprint density at radius 3 is 2.65 bits per heavy atom. The van der Waals surface area contributed by atoms with Crippen LogP contribution in [0.4, 0.5) is 0 Å². The summed E-state index contributed by atoms with van der Waals surface area (Å²) in [5.41, 5.74) is 2.13. The van der Waals surface area contributed by atoms with Gasteiger partial charge in [0.1, 0.15) is 11.8 Å². The maximum atomic E-state index is 9.04. The Kier molecular flexibility index (Phi) is 3.55. The number of benzene rings is 1. The molecule has 0 bridgehead atoms. The highest BCUT2D eigenvalue weighted by molar-refractivity contribution is 9.10. The van der Waals surface area contributed by atoms with Crippen molar-refractivity contribution in [1.29, 1.82) is 5.26 Å². The van der Waals surface area contributed by atoms with Gasteiger partial charge in [0.2, 0.25) is 0 Å². The zero-order valence-corrected chi connectivity index (χ0v) is 11.0. The molecule has 0 radical (unpaired) electrons. The molecule has 86 valence electrons. The van der Waals surface area contributed by atoms with Gasteiger partial charge in [-0.25, -0.2) is 4.68 Å². The monoisotopic (exact) mass is 290 g/mol. The van der Waals surface area contributed by atoms with Crippen LogP contribution in [0, 0.1) is 11.3 Å². The quantitative estimate of drug-likeness (QED) is 0.873. The van der Waals surface area contributed by atoms with Crippen LogP contribution in [0.25, 0.3) is 11.3 Å². The van der Waals surface area contributed by atoms with Gasteiger partial charge in [-0.1, -0.05) is 40.2 Å². The normalized spacial score (nSPS) is 10.2. The number of hydrogen-bond acceptors (Lipinski definition) is 3. The standard InChI is InChI=1S/C12H11BrN4/c1-2-7-17-12(11(8-14)15-16-17)9-3-5-10(13)6-4-9/h3-6H,2,7H2,1H3. The molecule has 0 saturated carbocycles. The molecule has 0 N–H and O–H groups in total. The van der Waals surface area contributed by atoms with E-state index in [9.17, 15) is 0 Å². The molecular weight excluding hydrogens is 280 g/mol. The first-order valence-corrected chi connectivity index (χ1v) is 6.15. The van der Waals surface area contributed by atoms with Gasteiger partial charge in [0.15, 0.2) is 5.69 Å². The maximum absolute atomic E-state index is 9.04. The molecule has 1 aromatic carbocycles. The van der Waals surface area contributed by atoms with E-state index in [2.05, 4.69) is 39.2 Å². The van der Waals surface area contributed by atoms with E-state index in [0.29, 0.717) is 5.69 Å². The van der Waals surface area contributed by atoms with Crippen molar-refractivity contribution in [2.45, 2.75) is 19.9 Å². The zero-order valence-electron chi connectivity index (χ0n) is 9.39. The van der Waals surface area contributed by atoms with Crippen molar-refractivity contribution in [2.24, 2.45) is 0 Å². The first-order chi connectivity index (χ1) is 8.26. The fourth-order valence-corrected chi connectivity index (χ4v) is 1.91. The van der Waals surface area contributed by atoms with Crippen LogP contribution in [0.3, 0.4) is 0 Å². The van der Waals surface area contributed by atoms with Gasteiger partial charge in [-0.2, -0.15) is 5.26 Å². The Hall–Kier alpha value is -1.67. The Morgan fingerprint density at radius 2 is 2.06 bits per heavy atom. The SMILES string of the molecule is CCCn1nnc(C#N)c1-c1ccc(Br)cc1. The summed E-state index contributed by atoms with van der Waals surface area (Å²) in [6.45, 7) is 2.83. The largest absolute Gasteiger partial charge is 0.243 e. The minimum absolute atomic E-state index is 0.376. The molecule has 4 nitrogen and oxygen atoms in total. The average Bonchev–Trinajstić information content (AvgIpc) is 2.74. The van der Waals surface area contributed by atoms with E-state index < -0.39 is 0 Å². The first kappa shape index (κ1) is 11.8. The summed E-state index contributed by atoms with van der Waals surface area (Å²) in [6.07, 6.45) is 0.956. The van der Waals surface area contributed by atoms with Gasteiger partial charge in [0.05, 0.1) is 0 Å². The third-order valence-electron chi connectivity index (χ3n) is 2.39. The molecule has 1 aromatic heterocycles. The van der Waals surface area contributed by atoms with Gasteiger partial charge >= 0.3 is 0 Å². The van der Waals surface area contributed by atoms with Gasteiger partial charge in [0.25, 0.3) is 0 Å². The molecule has 0 aliphatic heterocycles. The number of hydrogen-bond donors (Lipinski definition) is 0. The Labute approximate surface area is 108 Å². The van der Waals surface area contributed by atoms with Crippen LogP contribution in [0.1, 0.15) is 19.0 Å².